The van der Waals surface area contributed by atoms with Gasteiger partial charge < -0.3 is 9.47 Å². The van der Waals surface area contributed by atoms with Crippen LogP contribution >= 0.6 is 0 Å². The number of nitrogens with zero attached hydrogens (tertiary/aromatic N) is 1. The van der Waals surface area contributed by atoms with Gasteiger partial charge in [0.1, 0.15) is 11.5 Å². The fourth-order valence-corrected chi connectivity index (χ4v) is 4.71. The predicted molar refractivity (Wildman–Crippen MR) is 110 cm³/mol. The third kappa shape index (κ3) is 4.19. The lowest BCUT2D eigenvalue weighted by Crippen LogP contribution is -2.42. The first kappa shape index (κ1) is 20.8. The van der Waals surface area contributed by atoms with Crippen LogP contribution in [0.3, 0.4) is 0 Å². The molecule has 4 rings (SSSR count). The molecule has 0 amide bonds. The zero-order valence-electron chi connectivity index (χ0n) is 17.4. The highest BCUT2D eigenvalue weighted by molar-refractivity contribution is 6.03. The lowest BCUT2D eigenvalue weighted by Gasteiger charge is -2.37. The largest absolute Gasteiger partial charge is 0.493 e. The number of rotatable bonds is 6. The fraction of sp³-hybridized carbons (Fsp3) is 0.458. The normalized spacial score (nSPS) is 20.8. The highest BCUT2D eigenvalue weighted by atomic mass is 19.1. The van der Waals surface area contributed by atoms with E-state index in [9.17, 15) is 9.18 Å². The summed E-state index contributed by atoms with van der Waals surface area (Å²) in [5.74, 6) is 0.495. The third-order valence-electron chi connectivity index (χ3n) is 6.37. The number of hydrogen-bond acceptors (Lipinski definition) is 4. The Labute approximate surface area is 175 Å². The van der Waals surface area contributed by atoms with Crippen molar-refractivity contribution in [3.05, 3.63) is 58.9 Å². The van der Waals surface area contributed by atoms with Crippen molar-refractivity contribution in [2.45, 2.75) is 37.9 Å². The van der Waals surface area contributed by atoms with Crippen molar-refractivity contribution in [3.63, 3.8) is 0 Å². The average Bonchev–Trinajstić information content (AvgIpc) is 3.03. The van der Waals surface area contributed by atoms with Crippen molar-refractivity contribution in [1.29, 1.82) is 0 Å². The van der Waals surface area contributed by atoms with Crippen LogP contribution < -0.4 is 9.47 Å². The van der Waals surface area contributed by atoms with Crippen LogP contribution in [-0.4, -0.2) is 43.7 Å². The number of carbonyl (C=O) groups is 1. The summed E-state index contributed by atoms with van der Waals surface area (Å²) in [5.41, 5.74) is 1.06. The van der Waals surface area contributed by atoms with Crippen molar-refractivity contribution in [3.8, 4) is 11.5 Å². The summed E-state index contributed by atoms with van der Waals surface area (Å²) in [6.45, 7) is 1.81. The van der Waals surface area contributed by atoms with E-state index in [0.717, 1.165) is 11.1 Å². The summed E-state index contributed by atoms with van der Waals surface area (Å²) in [4.78, 5) is 15.1. The second kappa shape index (κ2) is 8.34. The van der Waals surface area contributed by atoms with Crippen LogP contribution in [0, 0.1) is 11.7 Å². The van der Waals surface area contributed by atoms with E-state index < -0.39 is 5.67 Å². The molecule has 6 heteroatoms. The maximum absolute atomic E-state index is 15.6. The second-order valence-corrected chi connectivity index (χ2v) is 8.39. The lowest BCUT2D eigenvalue weighted by atomic mass is 9.82. The first-order chi connectivity index (χ1) is 14.4. The zero-order valence-corrected chi connectivity index (χ0v) is 17.4. The van der Waals surface area contributed by atoms with Crippen LogP contribution in [0.5, 0.6) is 11.5 Å². The maximum Gasteiger partial charge on any atom is 0.166 e. The monoisotopic (exact) mass is 415 g/mol. The SMILES string of the molecule is COc1cc2c(cc1OC)C(=O)C(CC1(F)CCN(Cc3cccc(F)c3)CC1)C2. The number of fused-ring (bicyclic) bond motifs is 1. The number of halogens is 2. The Morgan fingerprint density at radius 2 is 1.80 bits per heavy atom. The van der Waals surface area contributed by atoms with Crippen molar-refractivity contribution in [1.82, 2.24) is 4.90 Å². The molecule has 2 aromatic carbocycles. The van der Waals surface area contributed by atoms with E-state index >= 15 is 4.39 Å². The Morgan fingerprint density at radius 3 is 2.47 bits per heavy atom. The molecule has 0 spiro atoms. The molecule has 2 aromatic rings. The molecular weight excluding hydrogens is 388 g/mol. The van der Waals surface area contributed by atoms with Crippen molar-refractivity contribution >= 4 is 5.78 Å². The van der Waals surface area contributed by atoms with E-state index in [1.807, 2.05) is 12.1 Å². The number of ketones is 1. The van der Waals surface area contributed by atoms with Crippen molar-refractivity contribution in [2.24, 2.45) is 5.92 Å². The predicted octanol–water partition coefficient (Wildman–Crippen LogP) is 4.59. The van der Waals surface area contributed by atoms with Gasteiger partial charge in [0.25, 0.3) is 0 Å². The summed E-state index contributed by atoms with van der Waals surface area (Å²) >= 11 is 0. The van der Waals surface area contributed by atoms with Crippen LogP contribution in [0.2, 0.25) is 0 Å². The zero-order chi connectivity index (χ0) is 21.3. The van der Waals surface area contributed by atoms with Gasteiger partial charge in [0.2, 0.25) is 0 Å². The summed E-state index contributed by atoms with van der Waals surface area (Å²) in [7, 11) is 3.10. The molecule has 1 saturated heterocycles. The Kier molecular flexibility index (Phi) is 5.78. The number of piperidine rings is 1. The molecule has 0 aromatic heterocycles. The number of Topliss-reactive ketones (excluding diaryl/α,β-unsaturated/α-hetero) is 1. The molecule has 1 fully saturated rings. The van der Waals surface area contributed by atoms with Gasteiger partial charge in [-0.15, -0.1) is 0 Å². The van der Waals surface area contributed by atoms with Crippen molar-refractivity contribution < 1.29 is 23.0 Å². The molecule has 160 valence electrons. The number of ether oxygens (including phenoxy) is 2. The van der Waals surface area contributed by atoms with Gasteiger partial charge in [-0.3, -0.25) is 9.69 Å². The molecule has 0 radical (unpaired) electrons. The van der Waals surface area contributed by atoms with Crippen LogP contribution in [-0.2, 0) is 13.0 Å². The minimum atomic E-state index is -1.35. The van der Waals surface area contributed by atoms with Gasteiger partial charge in [0.15, 0.2) is 17.3 Å². The van der Waals surface area contributed by atoms with Gasteiger partial charge in [-0.05, 0) is 61.1 Å². The molecule has 1 heterocycles. The second-order valence-electron chi connectivity index (χ2n) is 8.39. The van der Waals surface area contributed by atoms with Gasteiger partial charge in [0.05, 0.1) is 14.2 Å². The first-order valence-electron chi connectivity index (χ1n) is 10.4. The Morgan fingerprint density at radius 1 is 1.10 bits per heavy atom. The molecule has 0 saturated carbocycles. The minimum absolute atomic E-state index is 0.00910. The first-order valence-corrected chi connectivity index (χ1v) is 10.4. The molecule has 1 aliphatic heterocycles. The van der Waals surface area contributed by atoms with E-state index in [2.05, 4.69) is 4.90 Å². The topological polar surface area (TPSA) is 38.8 Å². The van der Waals surface area contributed by atoms with Gasteiger partial charge in [-0.1, -0.05) is 12.1 Å². The lowest BCUT2D eigenvalue weighted by molar-refractivity contribution is 0.0336. The Hall–Kier alpha value is -2.47. The highest BCUT2D eigenvalue weighted by Gasteiger charge is 2.41. The molecule has 1 unspecified atom stereocenters. The Bertz CT molecular complexity index is 938. The van der Waals surface area contributed by atoms with Crippen molar-refractivity contribution in [2.75, 3.05) is 27.3 Å². The smallest absolute Gasteiger partial charge is 0.166 e. The molecule has 0 N–H and O–H groups in total. The summed E-state index contributed by atoms with van der Waals surface area (Å²) < 4.78 is 39.6. The van der Waals surface area contributed by atoms with Gasteiger partial charge >= 0.3 is 0 Å². The fourth-order valence-electron chi connectivity index (χ4n) is 4.71. The molecular formula is C24H27F2NO3. The van der Waals surface area contributed by atoms with Crippen LogP contribution in [0.15, 0.2) is 36.4 Å². The third-order valence-corrected chi connectivity index (χ3v) is 6.37. The summed E-state index contributed by atoms with van der Waals surface area (Å²) in [5, 5.41) is 0. The number of hydrogen-bond donors (Lipinski definition) is 0. The van der Waals surface area contributed by atoms with E-state index in [0.29, 0.717) is 56.0 Å². The van der Waals surface area contributed by atoms with E-state index in [4.69, 9.17) is 9.47 Å². The average molecular weight is 415 g/mol. The van der Waals surface area contributed by atoms with Gasteiger partial charge in [0, 0.05) is 31.1 Å². The standard InChI is InChI=1S/C24H27F2NO3/c1-29-21-12-17-11-18(23(28)20(17)13-22(21)30-2)14-24(26)6-8-27(9-7-24)15-16-4-3-5-19(25)10-16/h3-5,10,12-13,18H,6-9,11,14-15H2,1-2H3. The van der Waals surface area contributed by atoms with E-state index in [1.165, 1.54) is 19.2 Å². The highest BCUT2D eigenvalue weighted by Crippen LogP contribution is 2.42. The van der Waals surface area contributed by atoms with Crippen LogP contribution in [0.1, 0.15) is 40.7 Å². The number of carbonyl (C=O) groups excluding carboxylic acids is 1. The molecule has 1 aliphatic carbocycles. The molecule has 2 aliphatic rings. The van der Waals surface area contributed by atoms with E-state index in [1.54, 1.807) is 19.2 Å². The summed E-state index contributed by atoms with van der Waals surface area (Å²) in [6, 6.07) is 10.1. The molecule has 30 heavy (non-hydrogen) atoms. The number of alkyl halides is 1. The number of likely N-dealkylation sites (tertiary alicyclic amines) is 1. The van der Waals surface area contributed by atoms with Crippen LogP contribution in [0.4, 0.5) is 8.78 Å². The molecule has 1 atom stereocenters. The quantitative estimate of drug-likeness (QED) is 0.692. The molecule has 4 nitrogen and oxygen atoms in total. The number of benzene rings is 2. The van der Waals surface area contributed by atoms with Gasteiger partial charge in [-0.25, -0.2) is 8.78 Å². The summed E-state index contributed by atoms with van der Waals surface area (Å²) in [6.07, 6.45) is 1.54. The maximum atomic E-state index is 15.6. The van der Waals surface area contributed by atoms with E-state index in [-0.39, 0.29) is 23.9 Å². The van der Waals surface area contributed by atoms with Crippen LogP contribution in [0.25, 0.3) is 0 Å². The molecule has 0 bridgehead atoms. The minimum Gasteiger partial charge on any atom is -0.493 e. The number of methoxy groups -OCH3 is 2. The Balaban J connectivity index is 1.38. The van der Waals surface area contributed by atoms with Gasteiger partial charge in [-0.2, -0.15) is 0 Å².